The van der Waals surface area contributed by atoms with Crippen molar-refractivity contribution in [2.75, 3.05) is 18.0 Å². The Kier molecular flexibility index (Phi) is 11.0. The Morgan fingerprint density at radius 1 is 1.12 bits per heavy atom. The summed E-state index contributed by atoms with van der Waals surface area (Å²) in [5.74, 6) is 0.760. The minimum Gasteiger partial charge on any atom is -0.506 e. The lowest BCUT2D eigenvalue weighted by Gasteiger charge is -2.40. The second kappa shape index (κ2) is 12.7. The van der Waals surface area contributed by atoms with E-state index in [2.05, 4.69) is 49.5 Å². The Morgan fingerprint density at radius 3 is 2.09 bits per heavy atom. The van der Waals surface area contributed by atoms with E-state index in [1.807, 2.05) is 12.3 Å². The van der Waals surface area contributed by atoms with Crippen LogP contribution >= 0.6 is 0 Å². The van der Waals surface area contributed by atoms with Gasteiger partial charge in [0.2, 0.25) is 0 Å². The normalized spacial score (nSPS) is 15.1. The quantitative estimate of drug-likeness (QED) is 0.506. The molecule has 0 aromatic carbocycles. The van der Waals surface area contributed by atoms with Crippen LogP contribution in [0.4, 0.5) is 5.69 Å². The number of nitrogens with zero attached hydrogens (tertiary/aromatic N) is 3. The van der Waals surface area contributed by atoms with E-state index >= 15 is 0 Å². The van der Waals surface area contributed by atoms with Crippen molar-refractivity contribution < 1.29 is 20.1 Å². The molecule has 0 unspecified atom stereocenters. The summed E-state index contributed by atoms with van der Waals surface area (Å²) < 4.78 is 0. The van der Waals surface area contributed by atoms with Crippen LogP contribution in [0.5, 0.6) is 5.75 Å². The molecule has 0 saturated carbocycles. The number of carboxylic acid groups (broad SMARTS) is 1. The van der Waals surface area contributed by atoms with Crippen LogP contribution in [0.15, 0.2) is 24.5 Å². The third-order valence-electron chi connectivity index (χ3n) is 5.43. The molecule has 0 atom stereocenters. The van der Waals surface area contributed by atoms with Crippen molar-refractivity contribution in [1.82, 2.24) is 9.97 Å². The molecule has 3 rings (SSSR count). The molecule has 1 fully saturated rings. The molecule has 1 aliphatic heterocycles. The van der Waals surface area contributed by atoms with Crippen molar-refractivity contribution in [3.63, 3.8) is 0 Å². The van der Waals surface area contributed by atoms with E-state index in [4.69, 9.17) is 15.0 Å². The van der Waals surface area contributed by atoms with Crippen LogP contribution in [-0.2, 0) is 11.2 Å². The van der Waals surface area contributed by atoms with Crippen LogP contribution in [-0.4, -0.2) is 50.5 Å². The number of aromatic hydroxyl groups is 1. The fraction of sp³-hybridized carbons (Fsp3) is 0.593. The zero-order valence-electron chi connectivity index (χ0n) is 22.1. The molecule has 190 valence electrons. The Balaban J connectivity index is 0.000000629. The van der Waals surface area contributed by atoms with E-state index in [0.29, 0.717) is 11.3 Å². The summed E-state index contributed by atoms with van der Waals surface area (Å²) in [5.41, 5.74) is 5.60. The van der Waals surface area contributed by atoms with Crippen molar-refractivity contribution in [2.24, 2.45) is 11.3 Å². The molecule has 0 amide bonds. The van der Waals surface area contributed by atoms with Crippen LogP contribution in [0, 0.1) is 18.3 Å². The molecule has 0 bridgehead atoms. The Bertz CT molecular complexity index is 887. The SMILES string of the molecule is CC(C)(C)O.Cc1ncc(-c2ccc(O)cn2)c(N2CCC(C)(C)CC2)c1CC(C)C.O=CO. The molecule has 2 aromatic rings. The number of aryl methyl sites for hydroxylation is 1. The molecule has 7 nitrogen and oxygen atoms in total. The van der Waals surface area contributed by atoms with E-state index in [9.17, 15) is 5.11 Å². The maximum Gasteiger partial charge on any atom is 0.290 e. The van der Waals surface area contributed by atoms with Crippen LogP contribution < -0.4 is 4.90 Å². The first-order chi connectivity index (χ1) is 15.7. The van der Waals surface area contributed by atoms with Gasteiger partial charge in [0, 0.05) is 30.5 Å². The van der Waals surface area contributed by atoms with Crippen molar-refractivity contribution >= 4 is 12.2 Å². The van der Waals surface area contributed by atoms with E-state index in [1.165, 1.54) is 30.3 Å². The minimum atomic E-state index is -0.500. The van der Waals surface area contributed by atoms with Gasteiger partial charge in [0.05, 0.1) is 23.2 Å². The highest BCUT2D eigenvalue weighted by Gasteiger charge is 2.29. The summed E-state index contributed by atoms with van der Waals surface area (Å²) in [6.07, 6.45) is 6.86. The molecule has 0 aliphatic carbocycles. The molecular formula is C27H43N3O4. The average molecular weight is 474 g/mol. The van der Waals surface area contributed by atoms with Gasteiger partial charge >= 0.3 is 0 Å². The first-order valence-corrected chi connectivity index (χ1v) is 11.9. The molecule has 1 saturated heterocycles. The summed E-state index contributed by atoms with van der Waals surface area (Å²) >= 11 is 0. The highest BCUT2D eigenvalue weighted by atomic mass is 16.3. The topological polar surface area (TPSA) is 107 Å². The standard InChI is InChI=1S/C22H31N3O.C4H10O.CH2O2/c1-15(2)12-18-16(3)23-14-19(20-7-6-17(26)13-24-20)21(18)25-10-8-22(4,5)9-11-25;1-4(2,3)5;2-1-3/h6-7,13-15,26H,8-12H2,1-5H3;5H,1-3H3;1H,(H,2,3). The van der Waals surface area contributed by atoms with E-state index in [0.717, 1.165) is 36.5 Å². The zero-order valence-corrected chi connectivity index (χ0v) is 22.1. The highest BCUT2D eigenvalue weighted by Crippen LogP contribution is 2.40. The van der Waals surface area contributed by atoms with E-state index in [-0.39, 0.29) is 12.2 Å². The highest BCUT2D eigenvalue weighted by molar-refractivity contribution is 5.79. The minimum absolute atomic E-state index is 0.192. The van der Waals surface area contributed by atoms with Gasteiger partial charge in [-0.1, -0.05) is 27.7 Å². The number of pyridine rings is 2. The van der Waals surface area contributed by atoms with E-state index in [1.54, 1.807) is 26.8 Å². The summed E-state index contributed by atoms with van der Waals surface area (Å²) in [4.78, 5) is 20.0. The molecule has 7 heteroatoms. The number of hydrogen-bond donors (Lipinski definition) is 3. The summed E-state index contributed by atoms with van der Waals surface area (Å²) in [6, 6.07) is 3.59. The smallest absolute Gasteiger partial charge is 0.290 e. The number of aliphatic hydroxyl groups is 1. The van der Waals surface area contributed by atoms with Gasteiger partial charge in [-0.3, -0.25) is 14.8 Å². The number of aromatic nitrogens is 2. The van der Waals surface area contributed by atoms with Gasteiger partial charge in [0.15, 0.2) is 0 Å². The number of anilines is 1. The number of hydrogen-bond acceptors (Lipinski definition) is 6. The molecule has 0 radical (unpaired) electrons. The number of rotatable bonds is 4. The Labute approximate surface area is 204 Å². The van der Waals surface area contributed by atoms with Crippen molar-refractivity contribution in [1.29, 1.82) is 0 Å². The first-order valence-electron chi connectivity index (χ1n) is 11.9. The second-order valence-corrected chi connectivity index (χ2v) is 11.0. The maximum absolute atomic E-state index is 9.61. The lowest BCUT2D eigenvalue weighted by atomic mass is 9.82. The molecule has 3 heterocycles. The molecule has 34 heavy (non-hydrogen) atoms. The monoisotopic (exact) mass is 473 g/mol. The number of piperidine rings is 1. The van der Waals surface area contributed by atoms with Gasteiger partial charge in [0.1, 0.15) is 5.75 Å². The van der Waals surface area contributed by atoms with Crippen molar-refractivity contribution in [3.05, 3.63) is 35.8 Å². The van der Waals surface area contributed by atoms with Gasteiger partial charge < -0.3 is 20.2 Å². The first kappa shape index (κ1) is 29.4. The largest absolute Gasteiger partial charge is 0.506 e. The second-order valence-electron chi connectivity index (χ2n) is 11.0. The van der Waals surface area contributed by atoms with Gasteiger partial charge in [-0.25, -0.2) is 0 Å². The lowest BCUT2D eigenvalue weighted by Crippen LogP contribution is -2.38. The molecule has 1 aliphatic rings. The third kappa shape index (κ3) is 10.1. The summed E-state index contributed by atoms with van der Waals surface area (Å²) in [5, 5.41) is 25.0. The Morgan fingerprint density at radius 2 is 1.65 bits per heavy atom. The molecule has 0 spiro atoms. The molecule has 3 N–H and O–H groups in total. The van der Waals surface area contributed by atoms with Crippen LogP contribution in [0.1, 0.15) is 72.6 Å². The van der Waals surface area contributed by atoms with Crippen LogP contribution in [0.2, 0.25) is 0 Å². The zero-order chi connectivity index (χ0) is 26.1. The summed E-state index contributed by atoms with van der Waals surface area (Å²) in [6.45, 7) is 18.5. The van der Waals surface area contributed by atoms with Gasteiger partial charge in [-0.05, 0) is 76.0 Å². The van der Waals surface area contributed by atoms with Crippen molar-refractivity contribution in [2.45, 2.75) is 80.3 Å². The van der Waals surface area contributed by atoms with Gasteiger partial charge in [0.25, 0.3) is 6.47 Å². The van der Waals surface area contributed by atoms with Gasteiger partial charge in [-0.2, -0.15) is 0 Å². The molecule has 2 aromatic heterocycles. The predicted octanol–water partition coefficient (Wildman–Crippen LogP) is 5.46. The van der Waals surface area contributed by atoms with Gasteiger partial charge in [-0.15, -0.1) is 0 Å². The summed E-state index contributed by atoms with van der Waals surface area (Å²) in [7, 11) is 0. The molecular weight excluding hydrogens is 430 g/mol. The Hall–Kier alpha value is -2.67. The van der Waals surface area contributed by atoms with Crippen LogP contribution in [0.3, 0.4) is 0 Å². The fourth-order valence-electron chi connectivity index (χ4n) is 3.72. The van der Waals surface area contributed by atoms with E-state index < -0.39 is 5.60 Å². The van der Waals surface area contributed by atoms with Crippen molar-refractivity contribution in [3.8, 4) is 17.0 Å². The maximum atomic E-state index is 9.61. The average Bonchev–Trinajstić information content (AvgIpc) is 2.70. The predicted molar refractivity (Wildman–Crippen MR) is 138 cm³/mol. The van der Waals surface area contributed by atoms with Crippen LogP contribution in [0.25, 0.3) is 11.3 Å². The number of carbonyl (C=O) groups is 1. The fourth-order valence-corrected chi connectivity index (χ4v) is 3.72. The lowest BCUT2D eigenvalue weighted by molar-refractivity contribution is -0.122. The third-order valence-corrected chi connectivity index (χ3v) is 5.43.